The number of amides is 1. The van der Waals surface area contributed by atoms with Crippen LogP contribution < -0.4 is 5.32 Å². The summed E-state index contributed by atoms with van der Waals surface area (Å²) in [5, 5.41) is 3.02. The van der Waals surface area contributed by atoms with Gasteiger partial charge in [-0.25, -0.2) is 8.42 Å². The molecule has 0 saturated carbocycles. The van der Waals surface area contributed by atoms with Crippen LogP contribution in [0.2, 0.25) is 10.0 Å². The Morgan fingerprint density at radius 3 is 2.36 bits per heavy atom. The molecule has 0 unspecified atom stereocenters. The van der Waals surface area contributed by atoms with Crippen LogP contribution in [0.4, 0.5) is 0 Å². The van der Waals surface area contributed by atoms with Gasteiger partial charge in [-0.1, -0.05) is 53.5 Å². The number of carbonyl (C=O) groups is 1. The number of nitrogens with one attached hydrogen (secondary N) is 1. The summed E-state index contributed by atoms with van der Waals surface area (Å²) in [4.78, 5) is 12.0. The number of hydrogen-bond acceptors (Lipinski definition) is 3. The third-order valence-electron chi connectivity index (χ3n) is 3.42. The van der Waals surface area contributed by atoms with Gasteiger partial charge < -0.3 is 5.32 Å². The molecule has 0 spiro atoms. The van der Waals surface area contributed by atoms with Crippen molar-refractivity contribution in [2.24, 2.45) is 0 Å². The highest BCUT2D eigenvalue weighted by Crippen LogP contribution is 2.27. The van der Waals surface area contributed by atoms with E-state index in [4.69, 9.17) is 23.2 Å². The molecule has 1 amide bonds. The third kappa shape index (κ3) is 5.19. The van der Waals surface area contributed by atoms with Crippen molar-refractivity contribution in [1.82, 2.24) is 9.62 Å². The Morgan fingerprint density at radius 1 is 1.08 bits per heavy atom. The molecule has 134 valence electrons. The molecule has 0 aliphatic rings. The molecule has 0 radical (unpaired) electrons. The fourth-order valence-corrected chi connectivity index (χ4v) is 3.99. The predicted octanol–water partition coefficient (Wildman–Crippen LogP) is 3.32. The first-order valence-corrected chi connectivity index (χ1v) is 9.80. The molecule has 2 aromatic carbocycles. The number of sulfonamides is 1. The van der Waals surface area contributed by atoms with E-state index in [1.54, 1.807) is 19.1 Å². The fourth-order valence-electron chi connectivity index (χ4n) is 2.21. The summed E-state index contributed by atoms with van der Waals surface area (Å²) in [6, 6.07) is 13.1. The zero-order valence-electron chi connectivity index (χ0n) is 13.6. The van der Waals surface area contributed by atoms with Crippen molar-refractivity contribution in [2.45, 2.75) is 18.4 Å². The molecule has 0 saturated heterocycles. The van der Waals surface area contributed by atoms with Gasteiger partial charge in [0.05, 0.1) is 21.5 Å². The maximum Gasteiger partial charge on any atom is 0.243 e. The van der Waals surface area contributed by atoms with Crippen LogP contribution in [0.25, 0.3) is 0 Å². The van der Waals surface area contributed by atoms with Crippen molar-refractivity contribution in [2.75, 3.05) is 13.1 Å². The number of rotatable bonds is 7. The number of benzene rings is 2. The Hall–Kier alpha value is -1.60. The molecule has 0 bridgehead atoms. The Labute approximate surface area is 157 Å². The second-order valence-corrected chi connectivity index (χ2v) is 8.04. The van der Waals surface area contributed by atoms with Crippen LogP contribution in [0.3, 0.4) is 0 Å². The SMILES string of the molecule is CCNC(=O)CN(Cc1ccccc1)S(=O)(=O)c1ccc(Cl)c(Cl)c1. The monoisotopic (exact) mass is 400 g/mol. The summed E-state index contributed by atoms with van der Waals surface area (Å²) in [7, 11) is -3.92. The van der Waals surface area contributed by atoms with Gasteiger partial charge in [-0.05, 0) is 30.7 Å². The molecule has 8 heteroatoms. The van der Waals surface area contributed by atoms with Gasteiger partial charge >= 0.3 is 0 Å². The lowest BCUT2D eigenvalue weighted by Crippen LogP contribution is -2.40. The van der Waals surface area contributed by atoms with Crippen LogP contribution in [-0.4, -0.2) is 31.7 Å². The molecule has 2 aromatic rings. The van der Waals surface area contributed by atoms with E-state index in [-0.39, 0.29) is 33.9 Å². The maximum atomic E-state index is 13.0. The van der Waals surface area contributed by atoms with Gasteiger partial charge in [-0.2, -0.15) is 4.31 Å². The molecular formula is C17H18Cl2N2O3S. The van der Waals surface area contributed by atoms with E-state index in [1.807, 2.05) is 18.2 Å². The molecule has 0 aliphatic heterocycles. The topological polar surface area (TPSA) is 66.5 Å². The van der Waals surface area contributed by atoms with Gasteiger partial charge in [0.15, 0.2) is 0 Å². The van der Waals surface area contributed by atoms with Crippen LogP contribution >= 0.6 is 23.2 Å². The van der Waals surface area contributed by atoms with Crippen molar-refractivity contribution in [1.29, 1.82) is 0 Å². The average molecular weight is 401 g/mol. The maximum absolute atomic E-state index is 13.0. The molecule has 2 rings (SSSR count). The largest absolute Gasteiger partial charge is 0.355 e. The van der Waals surface area contributed by atoms with Crippen LogP contribution in [-0.2, 0) is 21.4 Å². The molecule has 5 nitrogen and oxygen atoms in total. The minimum atomic E-state index is -3.92. The highest BCUT2D eigenvalue weighted by molar-refractivity contribution is 7.89. The number of likely N-dealkylation sites (N-methyl/N-ethyl adjacent to an activating group) is 1. The summed E-state index contributed by atoms with van der Waals surface area (Å²) >= 11 is 11.8. The quantitative estimate of drug-likeness (QED) is 0.774. The predicted molar refractivity (Wildman–Crippen MR) is 99.2 cm³/mol. The second kappa shape index (κ2) is 8.67. The fraction of sp³-hybridized carbons (Fsp3) is 0.235. The lowest BCUT2D eigenvalue weighted by atomic mass is 10.2. The smallest absolute Gasteiger partial charge is 0.243 e. The highest BCUT2D eigenvalue weighted by Gasteiger charge is 2.27. The van der Waals surface area contributed by atoms with Gasteiger partial charge in [-0.3, -0.25) is 4.79 Å². The minimum Gasteiger partial charge on any atom is -0.355 e. The average Bonchev–Trinajstić information content (AvgIpc) is 2.58. The summed E-state index contributed by atoms with van der Waals surface area (Å²) in [6.45, 7) is 1.98. The molecule has 0 fully saturated rings. The van der Waals surface area contributed by atoms with E-state index in [0.717, 1.165) is 9.87 Å². The van der Waals surface area contributed by atoms with Crippen molar-refractivity contribution in [3.8, 4) is 0 Å². The van der Waals surface area contributed by atoms with Crippen LogP contribution in [0.15, 0.2) is 53.4 Å². The highest BCUT2D eigenvalue weighted by atomic mass is 35.5. The molecule has 0 heterocycles. The molecule has 0 atom stereocenters. The molecular weight excluding hydrogens is 383 g/mol. The third-order valence-corrected chi connectivity index (χ3v) is 5.95. The minimum absolute atomic E-state index is 0.0119. The molecule has 25 heavy (non-hydrogen) atoms. The zero-order valence-corrected chi connectivity index (χ0v) is 15.9. The molecule has 1 N–H and O–H groups in total. The van der Waals surface area contributed by atoms with Crippen molar-refractivity contribution in [3.05, 3.63) is 64.1 Å². The Morgan fingerprint density at radius 2 is 1.76 bits per heavy atom. The van der Waals surface area contributed by atoms with E-state index in [0.29, 0.717) is 6.54 Å². The summed E-state index contributed by atoms with van der Waals surface area (Å²) in [5.74, 6) is -0.373. The first-order chi connectivity index (χ1) is 11.8. The molecule has 0 aliphatic carbocycles. The Balaban J connectivity index is 2.37. The van der Waals surface area contributed by atoms with Gasteiger partial charge in [0.2, 0.25) is 15.9 Å². The summed E-state index contributed by atoms with van der Waals surface area (Å²) in [6.07, 6.45) is 0. The van der Waals surface area contributed by atoms with Crippen LogP contribution in [0.1, 0.15) is 12.5 Å². The lowest BCUT2D eigenvalue weighted by Gasteiger charge is -2.22. The lowest BCUT2D eigenvalue weighted by molar-refractivity contribution is -0.121. The second-order valence-electron chi connectivity index (χ2n) is 5.29. The normalized spacial score (nSPS) is 11.5. The number of halogens is 2. The summed E-state index contributed by atoms with van der Waals surface area (Å²) in [5.41, 5.74) is 0.774. The van der Waals surface area contributed by atoms with Crippen molar-refractivity contribution < 1.29 is 13.2 Å². The van der Waals surface area contributed by atoms with E-state index in [9.17, 15) is 13.2 Å². The standard InChI is InChI=1S/C17H18Cl2N2O3S/c1-2-20-17(22)12-21(11-13-6-4-3-5-7-13)25(23,24)14-8-9-15(18)16(19)10-14/h3-10H,2,11-12H2,1H3,(H,20,22). The van der Waals surface area contributed by atoms with Gasteiger partial charge in [-0.15, -0.1) is 0 Å². The number of hydrogen-bond donors (Lipinski definition) is 1. The van der Waals surface area contributed by atoms with Crippen LogP contribution in [0, 0.1) is 0 Å². The van der Waals surface area contributed by atoms with Gasteiger partial charge in [0.25, 0.3) is 0 Å². The van der Waals surface area contributed by atoms with E-state index in [1.165, 1.54) is 18.2 Å². The van der Waals surface area contributed by atoms with Crippen molar-refractivity contribution in [3.63, 3.8) is 0 Å². The Bertz CT molecular complexity index is 842. The number of carbonyl (C=O) groups excluding carboxylic acids is 1. The van der Waals surface area contributed by atoms with Gasteiger partial charge in [0, 0.05) is 13.1 Å². The van der Waals surface area contributed by atoms with E-state index in [2.05, 4.69) is 5.32 Å². The van der Waals surface area contributed by atoms with Gasteiger partial charge in [0.1, 0.15) is 0 Å². The first-order valence-electron chi connectivity index (χ1n) is 7.60. The van der Waals surface area contributed by atoms with Crippen molar-refractivity contribution >= 4 is 39.1 Å². The summed E-state index contributed by atoms with van der Waals surface area (Å²) < 4.78 is 27.1. The van der Waals surface area contributed by atoms with Crippen LogP contribution in [0.5, 0.6) is 0 Å². The Kier molecular flexibility index (Phi) is 6.84. The molecule has 0 aromatic heterocycles. The van der Waals surface area contributed by atoms with E-state index >= 15 is 0 Å². The number of nitrogens with zero attached hydrogens (tertiary/aromatic N) is 1. The van der Waals surface area contributed by atoms with E-state index < -0.39 is 10.0 Å². The first kappa shape index (κ1) is 19.7. The zero-order chi connectivity index (χ0) is 18.4.